The van der Waals surface area contributed by atoms with E-state index in [4.69, 9.17) is 19.9 Å². The molecule has 192 valence electrons. The topological polar surface area (TPSA) is 51.6 Å². The van der Waals surface area contributed by atoms with Crippen molar-refractivity contribution in [2.45, 2.75) is 9.79 Å². The minimum atomic E-state index is 0.613. The van der Waals surface area contributed by atoms with Gasteiger partial charge in [0.2, 0.25) is 0 Å². The third-order valence-corrected chi connectivity index (χ3v) is 8.53. The van der Waals surface area contributed by atoms with E-state index in [-0.39, 0.29) is 0 Å². The molecule has 5 heteroatoms. The second-order valence-electron chi connectivity index (χ2n) is 9.91. The number of hydrogen-bond acceptors (Lipinski definition) is 5. The maximum absolute atomic E-state index is 5.07. The highest BCUT2D eigenvalue weighted by Crippen LogP contribution is 2.50. The molecule has 0 saturated heterocycles. The van der Waals surface area contributed by atoms with Crippen LogP contribution in [0.25, 0.3) is 67.3 Å². The Kier molecular flexibility index (Phi) is 5.68. The molecule has 8 rings (SSSR count). The highest BCUT2D eigenvalue weighted by molar-refractivity contribution is 7.99. The van der Waals surface area contributed by atoms with Gasteiger partial charge in [-0.05, 0) is 34.9 Å². The Labute approximate surface area is 241 Å². The van der Waals surface area contributed by atoms with E-state index in [1.54, 1.807) is 11.8 Å². The molecule has 5 aromatic carbocycles. The molecule has 0 atom stereocenters. The van der Waals surface area contributed by atoms with Gasteiger partial charge in [0.25, 0.3) is 0 Å². The standard InChI is InChI=1S/C36H22N4S/c1-3-10-23(11-4-1)24-18-20-26(21-19-24)35-38-34(25-12-5-2-6-13-25)39-36(40-35)28-22-37-29-15-9-17-31-33(29)32(28)27-14-7-8-16-30(27)41-31/h1-22H. The summed E-state index contributed by atoms with van der Waals surface area (Å²) in [5.41, 5.74) is 8.37. The summed E-state index contributed by atoms with van der Waals surface area (Å²) in [6.45, 7) is 0. The fourth-order valence-corrected chi connectivity index (χ4v) is 6.53. The van der Waals surface area contributed by atoms with E-state index in [9.17, 15) is 0 Å². The monoisotopic (exact) mass is 542 g/mol. The van der Waals surface area contributed by atoms with Crippen LogP contribution in [0.15, 0.2) is 143 Å². The molecule has 0 radical (unpaired) electrons. The average Bonchev–Trinajstić information content (AvgIpc) is 3.06. The normalized spacial score (nSPS) is 11.8. The number of rotatable bonds is 4. The molecule has 0 amide bonds. The molecule has 2 aromatic heterocycles. The molecule has 0 saturated carbocycles. The molecule has 0 aliphatic carbocycles. The van der Waals surface area contributed by atoms with Crippen molar-refractivity contribution in [2.24, 2.45) is 0 Å². The summed E-state index contributed by atoms with van der Waals surface area (Å²) in [6, 6.07) is 43.7. The van der Waals surface area contributed by atoms with Crippen molar-refractivity contribution in [1.82, 2.24) is 19.9 Å². The van der Waals surface area contributed by atoms with Gasteiger partial charge in [-0.2, -0.15) is 0 Å². The van der Waals surface area contributed by atoms with Gasteiger partial charge in [0, 0.05) is 43.6 Å². The number of hydrogen-bond donors (Lipinski definition) is 0. The Morgan fingerprint density at radius 1 is 0.415 bits per heavy atom. The lowest BCUT2D eigenvalue weighted by Crippen LogP contribution is -2.03. The van der Waals surface area contributed by atoms with Crippen molar-refractivity contribution >= 4 is 22.7 Å². The predicted octanol–water partition coefficient (Wildman–Crippen LogP) is 9.22. The van der Waals surface area contributed by atoms with Gasteiger partial charge in [-0.25, -0.2) is 15.0 Å². The molecule has 1 aliphatic heterocycles. The summed E-state index contributed by atoms with van der Waals surface area (Å²) in [6.07, 6.45) is 1.92. The third-order valence-electron chi connectivity index (χ3n) is 7.39. The molecule has 0 fully saturated rings. The smallest absolute Gasteiger partial charge is 0.166 e. The summed E-state index contributed by atoms with van der Waals surface area (Å²) in [5, 5.41) is 1.14. The van der Waals surface area contributed by atoms with Gasteiger partial charge in [0.05, 0.1) is 5.52 Å². The zero-order chi connectivity index (χ0) is 27.2. The van der Waals surface area contributed by atoms with Crippen LogP contribution >= 0.6 is 11.8 Å². The van der Waals surface area contributed by atoms with Gasteiger partial charge in [-0.15, -0.1) is 0 Å². The molecule has 1 aliphatic rings. The average molecular weight is 543 g/mol. The Hall–Kier alpha value is -5.13. The van der Waals surface area contributed by atoms with Gasteiger partial charge in [-0.3, -0.25) is 4.98 Å². The molecule has 0 spiro atoms. The molecule has 0 unspecified atom stereocenters. The molecular weight excluding hydrogens is 520 g/mol. The second kappa shape index (κ2) is 9.81. The van der Waals surface area contributed by atoms with Gasteiger partial charge in [-0.1, -0.05) is 121 Å². The SMILES string of the molecule is c1ccc(-c2ccc(-c3nc(-c4ccccc4)nc(-c4cnc5cccc6c5c4-c4ccccc4S6)n3)cc2)cc1. The van der Waals surface area contributed by atoms with E-state index >= 15 is 0 Å². The highest BCUT2D eigenvalue weighted by atomic mass is 32.2. The first-order chi connectivity index (χ1) is 20.3. The van der Waals surface area contributed by atoms with Gasteiger partial charge >= 0.3 is 0 Å². The zero-order valence-electron chi connectivity index (χ0n) is 21.9. The van der Waals surface area contributed by atoms with Crippen LogP contribution in [0, 0.1) is 0 Å². The van der Waals surface area contributed by atoms with Crippen LogP contribution in [-0.2, 0) is 0 Å². The second-order valence-corrected chi connectivity index (χ2v) is 11.0. The summed E-state index contributed by atoms with van der Waals surface area (Å²) in [4.78, 5) is 22.3. The summed E-state index contributed by atoms with van der Waals surface area (Å²) in [5.74, 6) is 1.88. The lowest BCUT2D eigenvalue weighted by Gasteiger charge is -2.22. The Morgan fingerprint density at radius 3 is 1.73 bits per heavy atom. The van der Waals surface area contributed by atoms with Crippen LogP contribution < -0.4 is 0 Å². The number of pyridine rings is 1. The molecular formula is C36H22N4S. The fraction of sp³-hybridized carbons (Fsp3) is 0. The van der Waals surface area contributed by atoms with Crippen molar-refractivity contribution in [1.29, 1.82) is 0 Å². The van der Waals surface area contributed by atoms with Gasteiger partial charge < -0.3 is 0 Å². The predicted molar refractivity (Wildman–Crippen MR) is 166 cm³/mol. The maximum Gasteiger partial charge on any atom is 0.166 e. The van der Waals surface area contributed by atoms with E-state index in [1.807, 2.05) is 42.6 Å². The molecule has 0 N–H and O–H groups in total. The Bertz CT molecular complexity index is 2060. The fourth-order valence-electron chi connectivity index (χ4n) is 5.41. The van der Waals surface area contributed by atoms with Crippen molar-refractivity contribution in [2.75, 3.05) is 0 Å². The molecule has 41 heavy (non-hydrogen) atoms. The van der Waals surface area contributed by atoms with Crippen molar-refractivity contribution in [3.8, 4) is 56.4 Å². The summed E-state index contributed by atoms with van der Waals surface area (Å²) >= 11 is 1.79. The Balaban J connectivity index is 1.35. The van der Waals surface area contributed by atoms with E-state index in [2.05, 4.69) is 91.0 Å². The molecule has 7 aromatic rings. The van der Waals surface area contributed by atoms with E-state index in [0.717, 1.165) is 38.7 Å². The quantitative estimate of drug-likeness (QED) is 0.222. The van der Waals surface area contributed by atoms with Crippen molar-refractivity contribution in [3.05, 3.63) is 134 Å². The minimum Gasteiger partial charge on any atom is -0.255 e. The van der Waals surface area contributed by atoms with Gasteiger partial charge in [0.1, 0.15) is 0 Å². The number of fused-ring (bicyclic) bond motifs is 2. The molecule has 3 heterocycles. The summed E-state index contributed by atoms with van der Waals surface area (Å²) in [7, 11) is 0. The highest BCUT2D eigenvalue weighted by Gasteiger charge is 2.25. The van der Waals surface area contributed by atoms with Crippen LogP contribution in [0.1, 0.15) is 0 Å². The van der Waals surface area contributed by atoms with Crippen LogP contribution in [-0.4, -0.2) is 19.9 Å². The number of benzene rings is 5. The zero-order valence-corrected chi connectivity index (χ0v) is 22.7. The van der Waals surface area contributed by atoms with E-state index in [0.29, 0.717) is 17.5 Å². The number of aromatic nitrogens is 4. The van der Waals surface area contributed by atoms with E-state index < -0.39 is 0 Å². The lowest BCUT2D eigenvalue weighted by atomic mass is 9.95. The van der Waals surface area contributed by atoms with Crippen LogP contribution in [0.5, 0.6) is 0 Å². The van der Waals surface area contributed by atoms with Crippen LogP contribution in [0.3, 0.4) is 0 Å². The van der Waals surface area contributed by atoms with Crippen LogP contribution in [0.4, 0.5) is 0 Å². The molecule has 4 nitrogen and oxygen atoms in total. The first-order valence-electron chi connectivity index (χ1n) is 13.5. The number of nitrogens with zero attached hydrogens (tertiary/aromatic N) is 4. The van der Waals surface area contributed by atoms with Crippen LogP contribution in [0.2, 0.25) is 0 Å². The van der Waals surface area contributed by atoms with E-state index in [1.165, 1.54) is 20.9 Å². The van der Waals surface area contributed by atoms with Gasteiger partial charge in [0.15, 0.2) is 17.5 Å². The third kappa shape index (κ3) is 4.19. The first kappa shape index (κ1) is 23.7. The maximum atomic E-state index is 5.07. The largest absolute Gasteiger partial charge is 0.255 e. The Morgan fingerprint density at radius 2 is 0.976 bits per heavy atom. The first-order valence-corrected chi connectivity index (χ1v) is 14.3. The summed E-state index contributed by atoms with van der Waals surface area (Å²) < 4.78 is 0. The molecule has 0 bridgehead atoms. The van der Waals surface area contributed by atoms with Crippen molar-refractivity contribution in [3.63, 3.8) is 0 Å². The lowest BCUT2D eigenvalue weighted by molar-refractivity contribution is 1.07. The minimum absolute atomic E-state index is 0.613. The van der Waals surface area contributed by atoms with Crippen molar-refractivity contribution < 1.29 is 0 Å².